The first-order valence-corrected chi connectivity index (χ1v) is 8.81. The first kappa shape index (κ1) is 16.7. The van der Waals surface area contributed by atoms with Crippen LogP contribution in [0.2, 0.25) is 5.02 Å². The molecule has 0 atom stereocenters. The summed E-state index contributed by atoms with van der Waals surface area (Å²) < 4.78 is 5.38. The molecule has 0 spiro atoms. The van der Waals surface area contributed by atoms with E-state index in [4.69, 9.17) is 16.3 Å². The van der Waals surface area contributed by atoms with Gasteiger partial charge in [0, 0.05) is 31.1 Å². The van der Waals surface area contributed by atoms with Gasteiger partial charge in [0.2, 0.25) is 0 Å². The maximum absolute atomic E-state index is 12.6. The second-order valence-corrected chi connectivity index (χ2v) is 7.37. The summed E-state index contributed by atoms with van der Waals surface area (Å²) in [6, 6.07) is 5.45. The highest BCUT2D eigenvalue weighted by Gasteiger charge is 2.38. The average molecular weight is 335 g/mol. The van der Waals surface area contributed by atoms with Crippen LogP contribution in [-0.2, 0) is 14.3 Å². The number of ether oxygens (including phenoxy) is 1. The molecule has 3 nitrogen and oxygen atoms in total. The molecule has 1 aliphatic heterocycles. The second-order valence-electron chi connectivity index (χ2n) is 6.93. The van der Waals surface area contributed by atoms with Crippen molar-refractivity contribution in [1.29, 1.82) is 0 Å². The van der Waals surface area contributed by atoms with Crippen molar-refractivity contribution in [3.8, 4) is 0 Å². The third-order valence-corrected chi connectivity index (χ3v) is 5.42. The highest BCUT2D eigenvalue weighted by molar-refractivity contribution is 6.30. The molecule has 1 saturated carbocycles. The molecule has 2 aliphatic rings. The van der Waals surface area contributed by atoms with E-state index in [1.165, 1.54) is 0 Å². The molecule has 0 amide bonds. The van der Waals surface area contributed by atoms with E-state index in [0.29, 0.717) is 23.8 Å². The molecule has 23 heavy (non-hydrogen) atoms. The van der Waals surface area contributed by atoms with Gasteiger partial charge in [-0.1, -0.05) is 17.7 Å². The van der Waals surface area contributed by atoms with Crippen molar-refractivity contribution in [3.05, 3.63) is 34.3 Å². The molecule has 2 fully saturated rings. The standard InChI is InChI=1S/C19H23ClO3/c1-12-2-3-15(20)11-16(12)19-17(21)9-14(10-18(19)22)8-13-4-6-23-7-5-13/h2-3,11,13-14,19H,4-10H2,1H3. The van der Waals surface area contributed by atoms with E-state index in [0.717, 1.165) is 43.6 Å². The summed E-state index contributed by atoms with van der Waals surface area (Å²) >= 11 is 6.05. The fourth-order valence-electron chi connectivity index (χ4n) is 3.95. The smallest absolute Gasteiger partial charge is 0.148 e. The zero-order valence-electron chi connectivity index (χ0n) is 13.5. The molecular formula is C19H23ClO3. The zero-order chi connectivity index (χ0) is 16.4. The molecule has 0 N–H and O–H groups in total. The molecule has 1 heterocycles. The molecule has 1 saturated heterocycles. The largest absolute Gasteiger partial charge is 0.381 e. The molecule has 1 aromatic rings. The van der Waals surface area contributed by atoms with Crippen LogP contribution in [0.1, 0.15) is 49.1 Å². The first-order chi connectivity index (χ1) is 11.0. The molecule has 0 aromatic heterocycles. The minimum absolute atomic E-state index is 0.0590. The third-order valence-electron chi connectivity index (χ3n) is 5.18. The molecule has 1 aromatic carbocycles. The Kier molecular flexibility index (Phi) is 5.17. The number of hydrogen-bond donors (Lipinski definition) is 0. The van der Waals surface area contributed by atoms with Crippen LogP contribution in [0.5, 0.6) is 0 Å². The van der Waals surface area contributed by atoms with Gasteiger partial charge in [0.25, 0.3) is 0 Å². The normalized spacial score (nSPS) is 26.5. The predicted octanol–water partition coefficient (Wildman–Crippen LogP) is 4.10. The summed E-state index contributed by atoms with van der Waals surface area (Å²) in [4.78, 5) is 25.3. The zero-order valence-corrected chi connectivity index (χ0v) is 14.3. The number of ketones is 2. The lowest BCUT2D eigenvalue weighted by molar-refractivity contribution is -0.134. The summed E-state index contributed by atoms with van der Waals surface area (Å²) in [5, 5.41) is 0.579. The molecule has 0 unspecified atom stereocenters. The van der Waals surface area contributed by atoms with E-state index < -0.39 is 5.92 Å². The Bertz CT molecular complexity index is 587. The molecular weight excluding hydrogens is 312 g/mol. The van der Waals surface area contributed by atoms with Crippen LogP contribution in [0, 0.1) is 18.8 Å². The molecule has 0 radical (unpaired) electrons. The van der Waals surface area contributed by atoms with Gasteiger partial charge < -0.3 is 4.74 Å². The van der Waals surface area contributed by atoms with Gasteiger partial charge in [-0.25, -0.2) is 0 Å². The lowest BCUT2D eigenvalue weighted by atomic mass is 9.72. The number of halogens is 1. The summed E-state index contributed by atoms with van der Waals surface area (Å²) in [5.74, 6) is 0.305. The minimum Gasteiger partial charge on any atom is -0.381 e. The number of Topliss-reactive ketones (excluding diaryl/α,β-unsaturated/α-hetero) is 2. The van der Waals surface area contributed by atoms with Gasteiger partial charge in [-0.2, -0.15) is 0 Å². The van der Waals surface area contributed by atoms with Crippen LogP contribution in [0.3, 0.4) is 0 Å². The van der Waals surface area contributed by atoms with Gasteiger partial charge in [-0.15, -0.1) is 0 Å². The Morgan fingerprint density at radius 1 is 1.09 bits per heavy atom. The van der Waals surface area contributed by atoms with Gasteiger partial charge in [0.1, 0.15) is 17.5 Å². The van der Waals surface area contributed by atoms with Crippen molar-refractivity contribution in [3.63, 3.8) is 0 Å². The number of benzene rings is 1. The maximum Gasteiger partial charge on any atom is 0.148 e. The van der Waals surface area contributed by atoms with Gasteiger partial charge >= 0.3 is 0 Å². The van der Waals surface area contributed by atoms with Crippen molar-refractivity contribution < 1.29 is 14.3 Å². The van der Waals surface area contributed by atoms with E-state index in [9.17, 15) is 9.59 Å². The Hall–Kier alpha value is -1.19. The Balaban J connectivity index is 1.71. The van der Waals surface area contributed by atoms with E-state index in [1.807, 2.05) is 13.0 Å². The fourth-order valence-corrected chi connectivity index (χ4v) is 4.13. The SMILES string of the molecule is Cc1ccc(Cl)cc1C1C(=O)CC(CC2CCOCC2)CC1=O. The number of aryl methyl sites for hydroxylation is 1. The Morgan fingerprint density at radius 2 is 1.74 bits per heavy atom. The third kappa shape index (κ3) is 3.84. The monoisotopic (exact) mass is 334 g/mol. The van der Waals surface area contributed by atoms with Crippen molar-refractivity contribution >= 4 is 23.2 Å². The number of carbonyl (C=O) groups is 2. The van der Waals surface area contributed by atoms with Crippen LogP contribution < -0.4 is 0 Å². The van der Waals surface area contributed by atoms with Crippen molar-refractivity contribution in [1.82, 2.24) is 0 Å². The molecule has 4 heteroatoms. The van der Waals surface area contributed by atoms with Crippen LogP contribution in [0.15, 0.2) is 18.2 Å². The molecule has 124 valence electrons. The van der Waals surface area contributed by atoms with E-state index in [-0.39, 0.29) is 17.5 Å². The lowest BCUT2D eigenvalue weighted by Gasteiger charge is -2.31. The highest BCUT2D eigenvalue weighted by Crippen LogP contribution is 2.37. The average Bonchev–Trinajstić information content (AvgIpc) is 2.51. The van der Waals surface area contributed by atoms with E-state index in [1.54, 1.807) is 12.1 Å². The van der Waals surface area contributed by atoms with Crippen LogP contribution in [0.4, 0.5) is 0 Å². The van der Waals surface area contributed by atoms with E-state index >= 15 is 0 Å². The van der Waals surface area contributed by atoms with Gasteiger partial charge in [0.15, 0.2) is 0 Å². The summed E-state index contributed by atoms with van der Waals surface area (Å²) in [5.41, 5.74) is 1.75. The van der Waals surface area contributed by atoms with Gasteiger partial charge in [-0.05, 0) is 61.3 Å². The Labute approximate surface area is 142 Å². The van der Waals surface area contributed by atoms with Crippen molar-refractivity contribution in [2.45, 2.75) is 44.9 Å². The van der Waals surface area contributed by atoms with Crippen LogP contribution in [0.25, 0.3) is 0 Å². The van der Waals surface area contributed by atoms with Crippen molar-refractivity contribution in [2.75, 3.05) is 13.2 Å². The lowest BCUT2D eigenvalue weighted by Crippen LogP contribution is -2.33. The molecule has 0 bridgehead atoms. The number of hydrogen-bond acceptors (Lipinski definition) is 3. The quantitative estimate of drug-likeness (QED) is 0.782. The highest BCUT2D eigenvalue weighted by atomic mass is 35.5. The number of carbonyl (C=O) groups excluding carboxylic acids is 2. The topological polar surface area (TPSA) is 43.4 Å². The Morgan fingerprint density at radius 3 is 2.39 bits per heavy atom. The number of rotatable bonds is 3. The summed E-state index contributed by atoms with van der Waals surface area (Å²) in [7, 11) is 0. The van der Waals surface area contributed by atoms with Gasteiger partial charge in [0.05, 0.1) is 0 Å². The predicted molar refractivity (Wildman–Crippen MR) is 89.8 cm³/mol. The van der Waals surface area contributed by atoms with E-state index in [2.05, 4.69) is 0 Å². The first-order valence-electron chi connectivity index (χ1n) is 8.44. The minimum atomic E-state index is -0.611. The van der Waals surface area contributed by atoms with Crippen LogP contribution in [-0.4, -0.2) is 24.8 Å². The van der Waals surface area contributed by atoms with Gasteiger partial charge in [-0.3, -0.25) is 9.59 Å². The molecule has 3 rings (SSSR count). The summed E-state index contributed by atoms with van der Waals surface area (Å²) in [6.07, 6.45) is 4.10. The van der Waals surface area contributed by atoms with Crippen LogP contribution >= 0.6 is 11.6 Å². The fraction of sp³-hybridized carbons (Fsp3) is 0.579. The molecule has 1 aliphatic carbocycles. The second kappa shape index (κ2) is 7.14. The maximum atomic E-state index is 12.6. The van der Waals surface area contributed by atoms with Crippen molar-refractivity contribution in [2.24, 2.45) is 11.8 Å². The summed E-state index contributed by atoms with van der Waals surface area (Å²) in [6.45, 7) is 3.55.